The van der Waals surface area contributed by atoms with Crippen molar-refractivity contribution in [1.82, 2.24) is 19.9 Å². The van der Waals surface area contributed by atoms with Crippen LogP contribution < -0.4 is 10.3 Å². The Morgan fingerprint density at radius 2 is 1.51 bits per heavy atom. The molecule has 0 saturated heterocycles. The van der Waals surface area contributed by atoms with Crippen molar-refractivity contribution in [3.05, 3.63) is 118 Å². The van der Waals surface area contributed by atoms with Crippen LogP contribution in [0.4, 0.5) is 0 Å². The highest BCUT2D eigenvalue weighted by Gasteiger charge is 2.21. The lowest BCUT2D eigenvalue weighted by molar-refractivity contribution is 0.0736. The van der Waals surface area contributed by atoms with Gasteiger partial charge in [-0.15, -0.1) is 0 Å². The fourth-order valence-electron chi connectivity index (χ4n) is 4.15. The third-order valence-corrected chi connectivity index (χ3v) is 6.11. The molecular weight excluding hydrogens is 488 g/mol. The number of H-pyrrole nitrogens is 1. The van der Waals surface area contributed by atoms with Crippen LogP contribution in [0.2, 0.25) is 5.02 Å². The van der Waals surface area contributed by atoms with Gasteiger partial charge in [-0.25, -0.2) is 14.8 Å². The number of esters is 1. The largest absolute Gasteiger partial charge is 0.423 e. The molecule has 6 rings (SSSR count). The fourth-order valence-corrected chi connectivity index (χ4v) is 4.43. The molecule has 0 aliphatic heterocycles. The van der Waals surface area contributed by atoms with E-state index in [0.717, 1.165) is 10.9 Å². The number of nitrogens with one attached hydrogen (secondary N) is 1. The number of halogens is 1. The Hall–Kier alpha value is -4.88. The van der Waals surface area contributed by atoms with E-state index in [1.807, 2.05) is 54.6 Å². The standard InChI is InChI=1S/C29H17ClN4O3/c30-22-15-19(14-18-10-7-13-31-24(18)22)26-25(17-8-3-1-4-9-17)34-28-27(33-26)21(16-23(35)32-28)29(36)37-20-11-5-2-6-12-20/h1-16H,(H,32,34,35). The van der Waals surface area contributed by atoms with Crippen LogP contribution in [0.15, 0.2) is 102 Å². The molecule has 0 aliphatic rings. The zero-order valence-electron chi connectivity index (χ0n) is 19.2. The van der Waals surface area contributed by atoms with E-state index in [2.05, 4.69) is 9.97 Å². The van der Waals surface area contributed by atoms with E-state index in [4.69, 9.17) is 26.3 Å². The average molecular weight is 505 g/mol. The molecule has 0 unspecified atom stereocenters. The summed E-state index contributed by atoms with van der Waals surface area (Å²) in [6.07, 6.45) is 1.68. The monoisotopic (exact) mass is 504 g/mol. The first-order valence-electron chi connectivity index (χ1n) is 11.4. The smallest absolute Gasteiger partial charge is 0.346 e. The Bertz CT molecular complexity index is 1860. The number of fused-ring (bicyclic) bond motifs is 2. The van der Waals surface area contributed by atoms with Crippen LogP contribution in [-0.4, -0.2) is 25.9 Å². The lowest BCUT2D eigenvalue weighted by atomic mass is 10.0. The molecule has 0 aliphatic carbocycles. The predicted octanol–water partition coefficient (Wildman–Crippen LogP) is 6.07. The van der Waals surface area contributed by atoms with Gasteiger partial charge in [0.1, 0.15) is 11.3 Å². The van der Waals surface area contributed by atoms with E-state index in [1.165, 1.54) is 6.07 Å². The molecule has 0 atom stereocenters. The number of aromatic nitrogens is 4. The number of para-hydroxylation sites is 1. The molecule has 8 heteroatoms. The number of ether oxygens (including phenoxy) is 1. The second-order valence-electron chi connectivity index (χ2n) is 8.27. The van der Waals surface area contributed by atoms with Crippen LogP contribution in [0.1, 0.15) is 10.4 Å². The summed E-state index contributed by atoms with van der Waals surface area (Å²) < 4.78 is 5.51. The lowest BCUT2D eigenvalue weighted by Gasteiger charge is -2.13. The summed E-state index contributed by atoms with van der Waals surface area (Å²) in [4.78, 5) is 42.3. The SMILES string of the molecule is O=C(Oc1ccccc1)c1cc(=O)[nH]c2nc(-c3ccccc3)c(-c3cc(Cl)c4ncccc4c3)nc12. The second kappa shape index (κ2) is 9.29. The van der Waals surface area contributed by atoms with Crippen molar-refractivity contribution in [1.29, 1.82) is 0 Å². The number of benzene rings is 3. The topological polar surface area (TPSA) is 97.8 Å². The highest BCUT2D eigenvalue weighted by atomic mass is 35.5. The Labute approximate surface area is 215 Å². The van der Waals surface area contributed by atoms with Gasteiger partial charge < -0.3 is 9.72 Å². The summed E-state index contributed by atoms with van der Waals surface area (Å²) in [6, 6.07) is 26.7. The molecule has 178 valence electrons. The van der Waals surface area contributed by atoms with Gasteiger partial charge in [-0.1, -0.05) is 66.2 Å². The quantitative estimate of drug-likeness (QED) is 0.231. The minimum atomic E-state index is -0.712. The van der Waals surface area contributed by atoms with Gasteiger partial charge in [0.05, 0.1) is 27.5 Å². The molecule has 1 N–H and O–H groups in total. The van der Waals surface area contributed by atoms with Gasteiger partial charge in [-0.2, -0.15) is 0 Å². The summed E-state index contributed by atoms with van der Waals surface area (Å²) in [7, 11) is 0. The first-order chi connectivity index (χ1) is 18.1. The zero-order chi connectivity index (χ0) is 25.4. The fraction of sp³-hybridized carbons (Fsp3) is 0. The third kappa shape index (κ3) is 4.32. The molecule has 0 amide bonds. The maximum atomic E-state index is 13.1. The van der Waals surface area contributed by atoms with Crippen LogP contribution in [0, 0.1) is 0 Å². The first kappa shape index (κ1) is 22.6. The highest BCUT2D eigenvalue weighted by Crippen LogP contribution is 2.35. The van der Waals surface area contributed by atoms with Crippen molar-refractivity contribution in [3.8, 4) is 28.3 Å². The van der Waals surface area contributed by atoms with Gasteiger partial charge in [0.2, 0.25) is 0 Å². The van der Waals surface area contributed by atoms with Gasteiger partial charge in [-0.3, -0.25) is 9.78 Å². The summed E-state index contributed by atoms with van der Waals surface area (Å²) in [5, 5.41) is 1.29. The van der Waals surface area contributed by atoms with Crippen LogP contribution in [-0.2, 0) is 0 Å². The Morgan fingerprint density at radius 3 is 2.30 bits per heavy atom. The number of pyridine rings is 2. The van der Waals surface area contributed by atoms with Crippen LogP contribution in [0.25, 0.3) is 44.6 Å². The van der Waals surface area contributed by atoms with Crippen molar-refractivity contribution in [2.24, 2.45) is 0 Å². The normalized spacial score (nSPS) is 11.1. The molecular formula is C29H17ClN4O3. The third-order valence-electron chi connectivity index (χ3n) is 5.82. The summed E-state index contributed by atoms with van der Waals surface area (Å²) >= 11 is 6.59. The van der Waals surface area contributed by atoms with E-state index in [0.29, 0.717) is 33.2 Å². The summed E-state index contributed by atoms with van der Waals surface area (Å²) in [6.45, 7) is 0. The zero-order valence-corrected chi connectivity index (χ0v) is 19.9. The summed E-state index contributed by atoms with van der Waals surface area (Å²) in [5.74, 6) is -0.361. The Morgan fingerprint density at radius 1 is 0.784 bits per heavy atom. The molecule has 0 spiro atoms. The van der Waals surface area contributed by atoms with E-state index >= 15 is 0 Å². The van der Waals surface area contributed by atoms with Crippen molar-refractivity contribution >= 4 is 39.6 Å². The summed E-state index contributed by atoms with van der Waals surface area (Å²) in [5.41, 5.74) is 3.04. The van der Waals surface area contributed by atoms with E-state index < -0.39 is 11.5 Å². The highest BCUT2D eigenvalue weighted by molar-refractivity contribution is 6.35. The number of carbonyl (C=O) groups excluding carboxylic acids is 1. The van der Waals surface area contributed by atoms with Gasteiger partial charge >= 0.3 is 5.97 Å². The number of rotatable bonds is 4. The van der Waals surface area contributed by atoms with E-state index in [9.17, 15) is 9.59 Å². The van der Waals surface area contributed by atoms with E-state index in [-0.39, 0.29) is 16.7 Å². The second-order valence-corrected chi connectivity index (χ2v) is 8.67. The van der Waals surface area contributed by atoms with Crippen LogP contribution >= 0.6 is 11.6 Å². The van der Waals surface area contributed by atoms with Gasteiger partial charge in [0, 0.05) is 28.8 Å². The average Bonchev–Trinajstić information content (AvgIpc) is 2.93. The maximum absolute atomic E-state index is 13.1. The van der Waals surface area contributed by atoms with Gasteiger partial charge in [0.15, 0.2) is 5.65 Å². The van der Waals surface area contributed by atoms with Gasteiger partial charge in [0.25, 0.3) is 5.56 Å². The maximum Gasteiger partial charge on any atom is 0.346 e. The van der Waals surface area contributed by atoms with Crippen molar-refractivity contribution < 1.29 is 9.53 Å². The number of hydrogen-bond donors (Lipinski definition) is 1. The molecule has 0 bridgehead atoms. The Balaban J connectivity index is 1.61. The molecule has 6 aromatic rings. The van der Waals surface area contributed by atoms with Gasteiger partial charge in [-0.05, 0) is 30.3 Å². The number of hydrogen-bond acceptors (Lipinski definition) is 6. The molecule has 0 radical (unpaired) electrons. The molecule has 0 saturated carbocycles. The first-order valence-corrected chi connectivity index (χ1v) is 11.8. The number of aromatic amines is 1. The van der Waals surface area contributed by atoms with Crippen LogP contribution in [0.3, 0.4) is 0 Å². The minimum absolute atomic E-state index is 0.00418. The predicted molar refractivity (Wildman–Crippen MR) is 143 cm³/mol. The molecule has 7 nitrogen and oxygen atoms in total. The van der Waals surface area contributed by atoms with Crippen molar-refractivity contribution in [2.45, 2.75) is 0 Å². The molecule has 3 aromatic carbocycles. The lowest BCUT2D eigenvalue weighted by Crippen LogP contribution is -2.16. The number of carbonyl (C=O) groups is 1. The molecule has 37 heavy (non-hydrogen) atoms. The number of nitrogens with zero attached hydrogens (tertiary/aromatic N) is 3. The Kier molecular flexibility index (Phi) is 5.67. The molecule has 3 heterocycles. The molecule has 3 aromatic heterocycles. The van der Waals surface area contributed by atoms with E-state index in [1.54, 1.807) is 36.5 Å². The van der Waals surface area contributed by atoms with Crippen LogP contribution in [0.5, 0.6) is 5.75 Å². The minimum Gasteiger partial charge on any atom is -0.423 e. The van der Waals surface area contributed by atoms with Crippen molar-refractivity contribution in [3.63, 3.8) is 0 Å². The van der Waals surface area contributed by atoms with Crippen molar-refractivity contribution in [2.75, 3.05) is 0 Å². The molecule has 0 fully saturated rings.